The van der Waals surface area contributed by atoms with Gasteiger partial charge in [-0.1, -0.05) is 35.1 Å². The summed E-state index contributed by atoms with van der Waals surface area (Å²) >= 11 is 3.10. The minimum absolute atomic E-state index is 0.0407. The maximum atomic E-state index is 12.6. The van der Waals surface area contributed by atoms with Crippen LogP contribution in [0.4, 0.5) is 5.69 Å². The van der Waals surface area contributed by atoms with E-state index in [9.17, 15) is 4.79 Å². The van der Waals surface area contributed by atoms with Gasteiger partial charge in [0.2, 0.25) is 0 Å². The van der Waals surface area contributed by atoms with Gasteiger partial charge in [0, 0.05) is 10.6 Å². The average molecular weight is 341 g/mol. The van der Waals surface area contributed by atoms with Crippen molar-refractivity contribution in [3.8, 4) is 0 Å². The van der Waals surface area contributed by atoms with Crippen molar-refractivity contribution in [2.24, 2.45) is 4.99 Å². The molecule has 3 aromatic rings. The lowest BCUT2D eigenvalue weighted by Gasteiger charge is -2.25. The Bertz CT molecular complexity index is 998. The Kier molecular flexibility index (Phi) is 3.63. The molecule has 2 aromatic heterocycles. The van der Waals surface area contributed by atoms with Crippen molar-refractivity contribution in [1.29, 1.82) is 0 Å². The SMILES string of the molecule is Cc1ccc(N2CN=c3s/c(=C\c4cccs4)c(=O)n3C2)cc1. The topological polar surface area (TPSA) is 37.6 Å². The van der Waals surface area contributed by atoms with Crippen LogP contribution in [0.1, 0.15) is 10.4 Å². The first-order chi connectivity index (χ1) is 11.2. The molecule has 0 atom stereocenters. The predicted molar refractivity (Wildman–Crippen MR) is 95.8 cm³/mol. The Hall–Kier alpha value is -2.18. The summed E-state index contributed by atoms with van der Waals surface area (Å²) in [6, 6.07) is 12.3. The molecule has 4 nitrogen and oxygen atoms in total. The second-order valence-corrected chi connectivity index (χ2v) is 7.45. The van der Waals surface area contributed by atoms with Crippen LogP contribution in [-0.4, -0.2) is 11.2 Å². The van der Waals surface area contributed by atoms with E-state index in [0.717, 1.165) is 19.9 Å². The van der Waals surface area contributed by atoms with Gasteiger partial charge >= 0.3 is 0 Å². The Labute approximate surface area is 141 Å². The lowest BCUT2D eigenvalue weighted by molar-refractivity contribution is 0.569. The molecule has 4 rings (SSSR count). The normalized spacial score (nSPS) is 14.7. The summed E-state index contributed by atoms with van der Waals surface area (Å²) in [5.74, 6) is 0. The number of thiophene rings is 1. The van der Waals surface area contributed by atoms with Crippen LogP contribution in [0.3, 0.4) is 0 Å². The fraction of sp³-hybridized carbons (Fsp3) is 0.176. The zero-order valence-electron chi connectivity index (χ0n) is 12.6. The number of hydrogen-bond donors (Lipinski definition) is 0. The van der Waals surface area contributed by atoms with Crippen molar-refractivity contribution in [1.82, 2.24) is 4.57 Å². The van der Waals surface area contributed by atoms with Crippen LogP contribution in [0.15, 0.2) is 51.6 Å². The smallest absolute Gasteiger partial charge is 0.271 e. The molecule has 0 saturated heterocycles. The lowest BCUT2D eigenvalue weighted by atomic mass is 10.2. The highest BCUT2D eigenvalue weighted by atomic mass is 32.1. The van der Waals surface area contributed by atoms with Gasteiger partial charge in [-0.25, -0.2) is 4.99 Å². The zero-order chi connectivity index (χ0) is 15.8. The maximum Gasteiger partial charge on any atom is 0.271 e. The minimum Gasteiger partial charge on any atom is -0.334 e. The largest absolute Gasteiger partial charge is 0.334 e. The Balaban J connectivity index is 1.72. The lowest BCUT2D eigenvalue weighted by Crippen LogP contribution is -2.42. The quantitative estimate of drug-likeness (QED) is 0.716. The minimum atomic E-state index is 0.0407. The van der Waals surface area contributed by atoms with Crippen LogP contribution in [0.5, 0.6) is 0 Å². The molecule has 0 radical (unpaired) electrons. The van der Waals surface area contributed by atoms with Gasteiger partial charge in [0.1, 0.15) is 13.3 Å². The number of aryl methyl sites for hydroxylation is 1. The average Bonchev–Trinajstić information content (AvgIpc) is 3.17. The van der Waals surface area contributed by atoms with E-state index in [0.29, 0.717) is 13.3 Å². The molecule has 0 amide bonds. The molecular formula is C17H15N3OS2. The Morgan fingerprint density at radius 2 is 2.04 bits per heavy atom. The summed E-state index contributed by atoms with van der Waals surface area (Å²) in [6.45, 7) is 3.20. The van der Waals surface area contributed by atoms with Gasteiger partial charge in [-0.2, -0.15) is 0 Å². The number of thiazole rings is 1. The molecule has 0 saturated carbocycles. The summed E-state index contributed by atoms with van der Waals surface area (Å²) in [6.07, 6.45) is 1.95. The first-order valence-corrected chi connectivity index (χ1v) is 9.01. The Morgan fingerprint density at radius 3 is 2.78 bits per heavy atom. The highest BCUT2D eigenvalue weighted by molar-refractivity contribution is 7.11. The molecule has 0 bridgehead atoms. The number of benzene rings is 1. The van der Waals surface area contributed by atoms with Gasteiger partial charge in [-0.15, -0.1) is 11.3 Å². The van der Waals surface area contributed by atoms with Crippen molar-refractivity contribution < 1.29 is 0 Å². The molecule has 6 heteroatoms. The van der Waals surface area contributed by atoms with E-state index < -0.39 is 0 Å². The highest BCUT2D eigenvalue weighted by Crippen LogP contribution is 2.16. The fourth-order valence-electron chi connectivity index (χ4n) is 2.53. The van der Waals surface area contributed by atoms with Gasteiger partial charge in [-0.05, 0) is 36.6 Å². The first kappa shape index (κ1) is 14.4. The summed E-state index contributed by atoms with van der Waals surface area (Å²) in [4.78, 5) is 21.2. The van der Waals surface area contributed by atoms with E-state index in [4.69, 9.17) is 0 Å². The molecule has 0 unspecified atom stereocenters. The van der Waals surface area contributed by atoms with Crippen LogP contribution in [0.25, 0.3) is 6.08 Å². The first-order valence-electron chi connectivity index (χ1n) is 7.32. The van der Waals surface area contributed by atoms with E-state index in [1.54, 1.807) is 15.9 Å². The predicted octanol–water partition coefficient (Wildman–Crippen LogP) is 2.16. The third-order valence-electron chi connectivity index (χ3n) is 3.79. The van der Waals surface area contributed by atoms with E-state index in [1.165, 1.54) is 16.9 Å². The molecule has 0 aliphatic carbocycles. The van der Waals surface area contributed by atoms with Crippen molar-refractivity contribution in [3.05, 3.63) is 71.9 Å². The molecule has 23 heavy (non-hydrogen) atoms. The molecule has 0 spiro atoms. The van der Waals surface area contributed by atoms with Gasteiger partial charge in [0.05, 0.1) is 4.53 Å². The summed E-state index contributed by atoms with van der Waals surface area (Å²) in [5, 5.41) is 2.01. The van der Waals surface area contributed by atoms with Crippen molar-refractivity contribution >= 4 is 34.4 Å². The van der Waals surface area contributed by atoms with Crippen LogP contribution in [0.2, 0.25) is 0 Å². The van der Waals surface area contributed by atoms with Crippen LogP contribution in [0, 0.1) is 6.92 Å². The number of nitrogens with zero attached hydrogens (tertiary/aromatic N) is 3. The molecule has 1 aromatic carbocycles. The monoisotopic (exact) mass is 341 g/mol. The summed E-state index contributed by atoms with van der Waals surface area (Å²) < 4.78 is 2.50. The molecular weight excluding hydrogens is 326 g/mol. The summed E-state index contributed by atoms with van der Waals surface area (Å²) in [7, 11) is 0. The van der Waals surface area contributed by atoms with Gasteiger partial charge in [-0.3, -0.25) is 9.36 Å². The molecule has 0 fully saturated rings. The number of hydrogen-bond acceptors (Lipinski definition) is 5. The highest BCUT2D eigenvalue weighted by Gasteiger charge is 2.15. The summed E-state index contributed by atoms with van der Waals surface area (Å²) in [5.41, 5.74) is 2.36. The van der Waals surface area contributed by atoms with Crippen molar-refractivity contribution in [2.45, 2.75) is 13.6 Å². The zero-order valence-corrected chi connectivity index (χ0v) is 14.2. The number of aromatic nitrogens is 1. The van der Waals surface area contributed by atoms with Crippen LogP contribution >= 0.6 is 22.7 Å². The van der Waals surface area contributed by atoms with Crippen molar-refractivity contribution in [3.63, 3.8) is 0 Å². The number of fused-ring (bicyclic) bond motifs is 1. The number of anilines is 1. The van der Waals surface area contributed by atoms with Crippen LogP contribution in [-0.2, 0) is 6.67 Å². The molecule has 3 heterocycles. The molecule has 0 N–H and O–H groups in total. The van der Waals surface area contributed by atoms with Gasteiger partial charge in [0.15, 0.2) is 4.80 Å². The van der Waals surface area contributed by atoms with E-state index in [-0.39, 0.29) is 5.56 Å². The third-order valence-corrected chi connectivity index (χ3v) is 5.66. The van der Waals surface area contributed by atoms with E-state index >= 15 is 0 Å². The van der Waals surface area contributed by atoms with E-state index in [1.807, 2.05) is 23.6 Å². The second-order valence-electron chi connectivity index (χ2n) is 5.46. The molecule has 1 aliphatic rings. The maximum absolute atomic E-state index is 12.6. The molecule has 1 aliphatic heterocycles. The third kappa shape index (κ3) is 2.75. The molecule has 116 valence electrons. The van der Waals surface area contributed by atoms with E-state index in [2.05, 4.69) is 41.1 Å². The van der Waals surface area contributed by atoms with Crippen molar-refractivity contribution in [2.75, 3.05) is 11.6 Å². The number of rotatable bonds is 2. The second kappa shape index (κ2) is 5.79. The standard InChI is InChI=1S/C17H15N3OS2/c1-12-4-6-13(7-5-12)19-10-18-17-20(11-19)16(21)15(23-17)9-14-3-2-8-22-14/h2-9H,10-11H2,1H3/b15-9-. The van der Waals surface area contributed by atoms with Crippen LogP contribution < -0.4 is 19.8 Å². The Morgan fingerprint density at radius 1 is 1.22 bits per heavy atom. The van der Waals surface area contributed by atoms with Gasteiger partial charge in [0.25, 0.3) is 5.56 Å². The van der Waals surface area contributed by atoms with Gasteiger partial charge < -0.3 is 4.90 Å². The fourth-order valence-corrected chi connectivity index (χ4v) is 4.22.